The number of sulfonamides is 1. The van der Waals surface area contributed by atoms with Crippen LogP contribution in [0.15, 0.2) is 29.1 Å². The number of aromatic amines is 1. The first kappa shape index (κ1) is 20.1. The van der Waals surface area contributed by atoms with Crippen molar-refractivity contribution in [2.45, 2.75) is 38.4 Å². The van der Waals surface area contributed by atoms with Gasteiger partial charge in [0.25, 0.3) is 5.56 Å². The topological polar surface area (TPSA) is 95.6 Å². The number of fused-ring (bicyclic) bond motifs is 1. The highest BCUT2D eigenvalue weighted by Gasteiger charge is 2.31. The van der Waals surface area contributed by atoms with E-state index in [1.165, 1.54) is 10.6 Å². The predicted octanol–water partition coefficient (Wildman–Crippen LogP) is 1.43. The van der Waals surface area contributed by atoms with Crippen LogP contribution in [0.5, 0.6) is 5.75 Å². The Hall–Kier alpha value is -2.23. The first-order chi connectivity index (χ1) is 13.9. The largest absolute Gasteiger partial charge is 0.496 e. The molecule has 0 aliphatic carbocycles. The van der Waals surface area contributed by atoms with Crippen LogP contribution >= 0.6 is 0 Å². The lowest BCUT2D eigenvalue weighted by atomic mass is 10.1. The van der Waals surface area contributed by atoms with Crippen molar-refractivity contribution in [1.82, 2.24) is 19.2 Å². The Morgan fingerprint density at radius 1 is 1.28 bits per heavy atom. The number of hydrogen-bond donors (Lipinski definition) is 1. The molecular formula is C20H26N4O4S. The predicted molar refractivity (Wildman–Crippen MR) is 109 cm³/mol. The van der Waals surface area contributed by atoms with Gasteiger partial charge in [-0.15, -0.1) is 0 Å². The van der Waals surface area contributed by atoms with Gasteiger partial charge in [0.05, 0.1) is 31.6 Å². The second kappa shape index (κ2) is 7.89. The molecule has 2 aliphatic rings. The molecule has 0 spiro atoms. The number of rotatable bonds is 5. The van der Waals surface area contributed by atoms with Gasteiger partial charge in [-0.1, -0.05) is 18.2 Å². The number of para-hydroxylation sites is 1. The van der Waals surface area contributed by atoms with Gasteiger partial charge in [0.1, 0.15) is 11.6 Å². The highest BCUT2D eigenvalue weighted by Crippen LogP contribution is 2.33. The number of methoxy groups -OCH3 is 1. The molecule has 1 aromatic carbocycles. The fourth-order valence-electron chi connectivity index (χ4n) is 4.25. The van der Waals surface area contributed by atoms with Crippen LogP contribution in [0.4, 0.5) is 0 Å². The molecule has 0 bridgehead atoms. The minimum Gasteiger partial charge on any atom is -0.496 e. The molecule has 1 unspecified atom stereocenters. The molecule has 8 nitrogen and oxygen atoms in total. The summed E-state index contributed by atoms with van der Waals surface area (Å²) in [6.45, 7) is 2.08. The number of likely N-dealkylation sites (tertiary alicyclic amines) is 1. The maximum absolute atomic E-state index is 12.7. The Morgan fingerprint density at radius 2 is 2.07 bits per heavy atom. The number of hydrogen-bond acceptors (Lipinski definition) is 6. The first-order valence-electron chi connectivity index (χ1n) is 9.80. The summed E-state index contributed by atoms with van der Waals surface area (Å²) < 4.78 is 30.7. The molecule has 1 aromatic heterocycles. The van der Waals surface area contributed by atoms with E-state index in [1.807, 2.05) is 24.3 Å². The van der Waals surface area contributed by atoms with Crippen LogP contribution in [0.1, 0.15) is 41.5 Å². The zero-order valence-electron chi connectivity index (χ0n) is 16.7. The average molecular weight is 419 g/mol. The molecule has 0 amide bonds. The van der Waals surface area contributed by atoms with E-state index in [0.29, 0.717) is 36.6 Å². The fraction of sp³-hybridized carbons (Fsp3) is 0.500. The summed E-state index contributed by atoms with van der Waals surface area (Å²) in [7, 11) is -1.65. The van der Waals surface area contributed by atoms with Gasteiger partial charge in [-0.3, -0.25) is 9.69 Å². The molecule has 0 radical (unpaired) electrons. The summed E-state index contributed by atoms with van der Waals surface area (Å²) in [6.07, 6.45) is 3.49. The summed E-state index contributed by atoms with van der Waals surface area (Å²) in [5.41, 5.74) is 2.11. The van der Waals surface area contributed by atoms with E-state index in [-0.39, 0.29) is 18.1 Å². The first-order valence-corrected chi connectivity index (χ1v) is 11.6. The van der Waals surface area contributed by atoms with E-state index in [4.69, 9.17) is 9.72 Å². The summed E-state index contributed by atoms with van der Waals surface area (Å²) in [4.78, 5) is 22.6. The minimum absolute atomic E-state index is 0.00785. The summed E-state index contributed by atoms with van der Waals surface area (Å²) in [6, 6.07) is 7.91. The highest BCUT2D eigenvalue weighted by atomic mass is 32.2. The van der Waals surface area contributed by atoms with Crippen LogP contribution in [0, 0.1) is 0 Å². The Morgan fingerprint density at radius 3 is 2.83 bits per heavy atom. The van der Waals surface area contributed by atoms with E-state index in [1.54, 1.807) is 7.11 Å². The molecule has 1 saturated heterocycles. The lowest BCUT2D eigenvalue weighted by Crippen LogP contribution is -2.39. The lowest BCUT2D eigenvalue weighted by molar-refractivity contribution is 0.234. The van der Waals surface area contributed by atoms with Crippen LogP contribution < -0.4 is 10.3 Å². The van der Waals surface area contributed by atoms with Crippen molar-refractivity contribution in [2.75, 3.05) is 26.5 Å². The number of aromatic nitrogens is 2. The molecule has 0 saturated carbocycles. The van der Waals surface area contributed by atoms with E-state index in [2.05, 4.69) is 9.88 Å². The zero-order chi connectivity index (χ0) is 20.6. The molecule has 2 aliphatic heterocycles. The molecule has 1 fully saturated rings. The van der Waals surface area contributed by atoms with Crippen molar-refractivity contribution in [1.29, 1.82) is 0 Å². The van der Waals surface area contributed by atoms with E-state index >= 15 is 0 Å². The quantitative estimate of drug-likeness (QED) is 0.789. The second-order valence-corrected chi connectivity index (χ2v) is 9.65. The number of benzene rings is 1. The van der Waals surface area contributed by atoms with Gasteiger partial charge in [0, 0.05) is 24.2 Å². The van der Waals surface area contributed by atoms with Gasteiger partial charge in [-0.25, -0.2) is 13.4 Å². The summed E-state index contributed by atoms with van der Waals surface area (Å²) in [5, 5.41) is 0. The number of nitrogens with one attached hydrogen (secondary N) is 1. The third kappa shape index (κ3) is 4.08. The second-order valence-electron chi connectivity index (χ2n) is 7.66. The third-order valence-corrected chi connectivity index (χ3v) is 7.02. The van der Waals surface area contributed by atoms with E-state index in [9.17, 15) is 13.2 Å². The van der Waals surface area contributed by atoms with Crippen LogP contribution in [-0.4, -0.2) is 54.0 Å². The van der Waals surface area contributed by atoms with Gasteiger partial charge < -0.3 is 9.72 Å². The van der Waals surface area contributed by atoms with Crippen LogP contribution in [-0.2, 0) is 29.5 Å². The molecule has 29 heavy (non-hydrogen) atoms. The molecule has 9 heteroatoms. The van der Waals surface area contributed by atoms with Crippen LogP contribution in [0.25, 0.3) is 0 Å². The van der Waals surface area contributed by atoms with Gasteiger partial charge in [-0.05, 0) is 31.9 Å². The number of H-pyrrole nitrogens is 1. The maximum Gasteiger partial charge on any atom is 0.254 e. The van der Waals surface area contributed by atoms with E-state index < -0.39 is 10.0 Å². The van der Waals surface area contributed by atoms with Gasteiger partial charge in [0.2, 0.25) is 10.0 Å². The molecule has 1 N–H and O–H groups in total. The van der Waals surface area contributed by atoms with Crippen molar-refractivity contribution < 1.29 is 13.2 Å². The third-order valence-electron chi connectivity index (χ3n) is 5.77. The van der Waals surface area contributed by atoms with Crippen LogP contribution in [0.2, 0.25) is 0 Å². The van der Waals surface area contributed by atoms with Crippen molar-refractivity contribution in [3.63, 3.8) is 0 Å². The van der Waals surface area contributed by atoms with E-state index in [0.717, 1.165) is 30.7 Å². The van der Waals surface area contributed by atoms with Gasteiger partial charge in [0.15, 0.2) is 0 Å². The molecule has 4 rings (SSSR count). The maximum atomic E-state index is 12.7. The molecule has 3 heterocycles. The van der Waals surface area contributed by atoms with Crippen molar-refractivity contribution in [3.8, 4) is 5.75 Å². The Labute approximate surface area is 170 Å². The SMILES string of the molecule is COc1ccccc1CN1CCCC1c1nc2c(c(=O)[nH]1)CCN(S(C)(=O)=O)C2. The molecule has 1 atom stereocenters. The molecular weight excluding hydrogens is 392 g/mol. The standard InChI is InChI=1S/C20H26N4O4S/c1-28-18-8-4-3-6-14(18)12-23-10-5-7-17(23)19-21-16-13-24(29(2,26)27)11-9-15(16)20(25)22-19/h3-4,6,8,17H,5,7,9-13H2,1-2H3,(H,21,22,25). The van der Waals surface area contributed by atoms with Crippen molar-refractivity contribution in [3.05, 3.63) is 57.3 Å². The Kier molecular flexibility index (Phi) is 5.46. The fourth-order valence-corrected chi connectivity index (χ4v) is 5.03. The van der Waals surface area contributed by atoms with Crippen molar-refractivity contribution in [2.24, 2.45) is 0 Å². The number of nitrogens with zero attached hydrogens (tertiary/aromatic N) is 3. The van der Waals surface area contributed by atoms with Gasteiger partial charge in [-0.2, -0.15) is 4.31 Å². The Bertz CT molecular complexity index is 1070. The molecule has 156 valence electrons. The van der Waals surface area contributed by atoms with Gasteiger partial charge >= 0.3 is 0 Å². The minimum atomic E-state index is -3.32. The normalized spacial score (nSPS) is 20.6. The highest BCUT2D eigenvalue weighted by molar-refractivity contribution is 7.88. The zero-order valence-corrected chi connectivity index (χ0v) is 17.5. The van der Waals surface area contributed by atoms with Crippen LogP contribution in [0.3, 0.4) is 0 Å². The summed E-state index contributed by atoms with van der Waals surface area (Å²) >= 11 is 0. The smallest absolute Gasteiger partial charge is 0.254 e. The molecule has 2 aromatic rings. The lowest BCUT2D eigenvalue weighted by Gasteiger charge is -2.28. The van der Waals surface area contributed by atoms with Crippen molar-refractivity contribution >= 4 is 10.0 Å². The Balaban J connectivity index is 1.62. The summed E-state index contributed by atoms with van der Waals surface area (Å²) in [5.74, 6) is 1.46. The average Bonchev–Trinajstić information content (AvgIpc) is 3.15. The monoisotopic (exact) mass is 418 g/mol. The number of ether oxygens (including phenoxy) is 1.